The fourth-order valence-electron chi connectivity index (χ4n) is 4.44. The minimum Gasteiger partial charge on any atom is -0.0836 e. The molecule has 0 atom stereocenters. The SMILES string of the molecule is CC(C)(C)c1cc(-c2c([Si])ccc(Cl)c2-c2cc(C(C)(C)C)cc(C(C)(C)C)c2)cc(C(C)(C)C)c1. The normalized spacial score (nSPS) is 13.3. The first-order chi connectivity index (χ1) is 16.2. The van der Waals surface area contributed by atoms with Gasteiger partial charge < -0.3 is 0 Å². The summed E-state index contributed by atoms with van der Waals surface area (Å²) in [6, 6.07) is 18.2. The summed E-state index contributed by atoms with van der Waals surface area (Å²) >= 11 is 7.06. The maximum absolute atomic E-state index is 7.06. The molecule has 0 bridgehead atoms. The van der Waals surface area contributed by atoms with Crippen LogP contribution in [0.25, 0.3) is 22.3 Å². The van der Waals surface area contributed by atoms with Crippen LogP contribution in [0.3, 0.4) is 0 Å². The maximum Gasteiger partial charge on any atom is 0.0720 e. The fraction of sp³-hybridized carbons (Fsp3) is 0.471. The Morgan fingerprint density at radius 2 is 0.778 bits per heavy atom. The van der Waals surface area contributed by atoms with E-state index >= 15 is 0 Å². The number of rotatable bonds is 2. The first-order valence-corrected chi connectivity index (χ1v) is 13.9. The molecular formula is C34H44ClSi. The van der Waals surface area contributed by atoms with Gasteiger partial charge in [-0.3, -0.25) is 0 Å². The molecule has 3 aromatic carbocycles. The van der Waals surface area contributed by atoms with Gasteiger partial charge in [0, 0.05) is 10.6 Å². The summed E-state index contributed by atoms with van der Waals surface area (Å²) in [5.41, 5.74) is 10.1. The molecule has 0 nitrogen and oxygen atoms in total. The van der Waals surface area contributed by atoms with Gasteiger partial charge in [-0.1, -0.05) is 142 Å². The summed E-state index contributed by atoms with van der Waals surface area (Å²) in [4.78, 5) is 0. The van der Waals surface area contributed by atoms with Crippen LogP contribution in [0.4, 0.5) is 0 Å². The molecule has 36 heavy (non-hydrogen) atoms. The van der Waals surface area contributed by atoms with E-state index < -0.39 is 0 Å². The van der Waals surface area contributed by atoms with Crippen molar-refractivity contribution in [3.63, 3.8) is 0 Å². The van der Waals surface area contributed by atoms with E-state index in [1.54, 1.807) is 0 Å². The van der Waals surface area contributed by atoms with Crippen LogP contribution in [0, 0.1) is 0 Å². The van der Waals surface area contributed by atoms with Crippen molar-refractivity contribution in [1.29, 1.82) is 0 Å². The predicted octanol–water partition coefficient (Wildman–Crippen LogP) is 9.66. The molecule has 0 spiro atoms. The molecule has 0 aliphatic rings. The van der Waals surface area contributed by atoms with Crippen molar-refractivity contribution in [3.05, 3.63) is 75.8 Å². The van der Waals surface area contributed by atoms with E-state index in [0.29, 0.717) is 0 Å². The van der Waals surface area contributed by atoms with Crippen molar-refractivity contribution in [3.8, 4) is 22.3 Å². The van der Waals surface area contributed by atoms with Crippen LogP contribution in [0.1, 0.15) is 105 Å². The van der Waals surface area contributed by atoms with Crippen molar-refractivity contribution in [2.45, 2.75) is 105 Å². The Bertz CT molecular complexity index is 1100. The zero-order valence-electron chi connectivity index (χ0n) is 24.5. The standard InChI is InChI=1S/C34H44ClSi/c1-31(2,3)23-15-21(16-24(19-23)32(4,5)6)29-27(35)13-14-28(36)30(29)22-17-25(33(7,8)9)20-26(18-22)34(10,11)12/h13-20H,1-12H3. The molecule has 0 heterocycles. The second-order valence-corrected chi connectivity index (χ2v) is 15.4. The molecule has 0 aliphatic heterocycles. The largest absolute Gasteiger partial charge is 0.0836 e. The highest BCUT2D eigenvalue weighted by molar-refractivity contribution is 6.40. The van der Waals surface area contributed by atoms with Gasteiger partial charge >= 0.3 is 0 Å². The summed E-state index contributed by atoms with van der Waals surface area (Å²) in [6.45, 7) is 27.4. The van der Waals surface area contributed by atoms with Gasteiger partial charge in [0.1, 0.15) is 0 Å². The molecular weight excluding hydrogens is 472 g/mol. The van der Waals surface area contributed by atoms with Crippen LogP contribution in [-0.2, 0) is 21.7 Å². The summed E-state index contributed by atoms with van der Waals surface area (Å²) < 4.78 is 0. The smallest absolute Gasteiger partial charge is 0.0720 e. The first-order valence-electron chi connectivity index (χ1n) is 13.1. The lowest BCUT2D eigenvalue weighted by atomic mass is 9.77. The van der Waals surface area contributed by atoms with Crippen LogP contribution in [-0.4, -0.2) is 10.2 Å². The minimum absolute atomic E-state index is 0.0276. The second kappa shape index (κ2) is 9.48. The van der Waals surface area contributed by atoms with Crippen LogP contribution >= 0.6 is 11.6 Å². The van der Waals surface area contributed by atoms with Crippen LogP contribution in [0.2, 0.25) is 5.02 Å². The number of benzene rings is 3. The van der Waals surface area contributed by atoms with Crippen molar-refractivity contribution < 1.29 is 0 Å². The summed E-state index contributed by atoms with van der Waals surface area (Å²) in [6.07, 6.45) is 0. The van der Waals surface area contributed by atoms with E-state index in [9.17, 15) is 0 Å². The summed E-state index contributed by atoms with van der Waals surface area (Å²) in [7, 11) is 3.99. The zero-order chi connectivity index (χ0) is 27.4. The number of hydrogen-bond donors (Lipinski definition) is 0. The molecule has 3 rings (SSSR count). The third-order valence-electron chi connectivity index (χ3n) is 7.06. The molecule has 0 amide bonds. The van der Waals surface area contributed by atoms with Gasteiger partial charge in [-0.25, -0.2) is 0 Å². The van der Waals surface area contributed by atoms with Crippen molar-refractivity contribution >= 4 is 27.0 Å². The van der Waals surface area contributed by atoms with Gasteiger partial charge in [0.15, 0.2) is 0 Å². The highest BCUT2D eigenvalue weighted by Crippen LogP contribution is 2.42. The molecule has 191 valence electrons. The molecule has 0 saturated heterocycles. The van der Waals surface area contributed by atoms with E-state index in [1.807, 2.05) is 6.07 Å². The lowest BCUT2D eigenvalue weighted by Crippen LogP contribution is -2.18. The summed E-state index contributed by atoms with van der Waals surface area (Å²) in [5.74, 6) is 0. The Morgan fingerprint density at radius 3 is 1.08 bits per heavy atom. The average Bonchev–Trinajstić information content (AvgIpc) is 2.72. The average molecular weight is 516 g/mol. The van der Waals surface area contributed by atoms with Crippen LogP contribution < -0.4 is 5.19 Å². The van der Waals surface area contributed by atoms with Gasteiger partial charge in [-0.2, -0.15) is 0 Å². The molecule has 0 aromatic heterocycles. The molecule has 0 saturated carbocycles. The Kier molecular flexibility index (Phi) is 7.57. The van der Waals surface area contributed by atoms with E-state index in [1.165, 1.54) is 33.4 Å². The Labute approximate surface area is 229 Å². The highest BCUT2D eigenvalue weighted by Gasteiger charge is 2.25. The Balaban J connectivity index is 2.46. The highest BCUT2D eigenvalue weighted by atomic mass is 35.5. The minimum atomic E-state index is 0.0276. The Morgan fingerprint density at radius 1 is 0.472 bits per heavy atom. The number of halogens is 1. The summed E-state index contributed by atoms with van der Waals surface area (Å²) in [5, 5.41) is 1.83. The maximum atomic E-state index is 7.06. The molecule has 2 heteroatoms. The van der Waals surface area contributed by atoms with Crippen molar-refractivity contribution in [2.24, 2.45) is 0 Å². The molecule has 3 radical (unpaired) electrons. The lowest BCUT2D eigenvalue weighted by molar-refractivity contribution is 0.568. The van der Waals surface area contributed by atoms with Gasteiger partial charge in [-0.05, 0) is 66.7 Å². The third-order valence-corrected chi connectivity index (χ3v) is 7.79. The molecule has 3 aromatic rings. The lowest BCUT2D eigenvalue weighted by Gasteiger charge is -2.28. The zero-order valence-corrected chi connectivity index (χ0v) is 26.3. The molecule has 0 aliphatic carbocycles. The topological polar surface area (TPSA) is 0 Å². The Hall–Kier alpha value is -1.83. The monoisotopic (exact) mass is 515 g/mol. The van der Waals surface area contributed by atoms with Crippen molar-refractivity contribution in [1.82, 2.24) is 0 Å². The quantitative estimate of drug-likeness (QED) is 0.298. The van der Waals surface area contributed by atoms with Crippen LogP contribution in [0.5, 0.6) is 0 Å². The number of hydrogen-bond acceptors (Lipinski definition) is 0. The van der Waals surface area contributed by atoms with Gasteiger partial charge in [0.25, 0.3) is 0 Å². The third kappa shape index (κ3) is 6.17. The second-order valence-electron chi connectivity index (χ2n) is 14.4. The molecule has 0 N–H and O–H groups in total. The molecule has 0 fully saturated rings. The predicted molar refractivity (Wildman–Crippen MR) is 163 cm³/mol. The van der Waals surface area contributed by atoms with Crippen LogP contribution in [0.15, 0.2) is 48.5 Å². The van der Waals surface area contributed by atoms with Gasteiger partial charge in [-0.15, -0.1) is 0 Å². The van der Waals surface area contributed by atoms with E-state index in [4.69, 9.17) is 11.6 Å². The fourth-order valence-corrected chi connectivity index (χ4v) is 5.05. The van der Waals surface area contributed by atoms with Gasteiger partial charge in [0.05, 0.1) is 10.2 Å². The van der Waals surface area contributed by atoms with Gasteiger partial charge in [0.2, 0.25) is 0 Å². The first kappa shape index (κ1) is 28.7. The van der Waals surface area contributed by atoms with E-state index in [2.05, 4.69) is 136 Å². The van der Waals surface area contributed by atoms with Crippen molar-refractivity contribution in [2.75, 3.05) is 0 Å². The van der Waals surface area contributed by atoms with E-state index in [0.717, 1.165) is 21.3 Å². The van der Waals surface area contributed by atoms with E-state index in [-0.39, 0.29) is 21.7 Å². The molecule has 0 unspecified atom stereocenters.